The van der Waals surface area contributed by atoms with Crippen molar-refractivity contribution in [2.75, 3.05) is 11.9 Å². The third-order valence-corrected chi connectivity index (χ3v) is 6.66. The van der Waals surface area contributed by atoms with Gasteiger partial charge in [-0.1, -0.05) is 63.7 Å². The van der Waals surface area contributed by atoms with E-state index in [1.807, 2.05) is 73.7 Å². The van der Waals surface area contributed by atoms with Crippen LogP contribution in [0.25, 0.3) is 32.4 Å². The van der Waals surface area contributed by atoms with Crippen molar-refractivity contribution in [2.24, 2.45) is 0 Å². The third-order valence-electron chi connectivity index (χ3n) is 5.20. The molecule has 2 heterocycles. The molecule has 0 saturated heterocycles. The van der Waals surface area contributed by atoms with Crippen molar-refractivity contribution < 1.29 is 14.3 Å². The molecule has 168 valence electrons. The van der Waals surface area contributed by atoms with Crippen LogP contribution in [0.4, 0.5) is 5.13 Å². The minimum atomic E-state index is -0.591. The molecule has 0 aliphatic heterocycles. The van der Waals surface area contributed by atoms with Gasteiger partial charge in [0.15, 0.2) is 11.7 Å². The second-order valence-corrected chi connectivity index (χ2v) is 9.64. The van der Waals surface area contributed by atoms with Crippen LogP contribution in [-0.4, -0.2) is 28.5 Å². The quantitative estimate of drug-likeness (QED) is 0.266. The van der Waals surface area contributed by atoms with Gasteiger partial charge >= 0.3 is 5.97 Å². The van der Waals surface area contributed by atoms with Gasteiger partial charge in [-0.3, -0.25) is 10.1 Å². The molecule has 0 atom stereocenters. The second kappa shape index (κ2) is 9.32. The maximum atomic E-state index is 13.0. The third kappa shape index (κ3) is 4.69. The second-order valence-electron chi connectivity index (χ2n) is 7.69. The Kier molecular flexibility index (Phi) is 6.08. The predicted molar refractivity (Wildman–Crippen MR) is 138 cm³/mol. The standard InChI is InChI=1S/C26H18BrN3O3S/c1-15-6-11-21-23(12-15)34-26(29-21)30-24(31)14-33-25(32)19-13-22(16-7-9-17(27)10-8-16)28-20-5-3-2-4-18(19)20/h2-13H,14H2,1H3,(H,29,30,31). The number of anilines is 1. The Balaban J connectivity index is 1.35. The number of pyridine rings is 1. The first-order chi connectivity index (χ1) is 16.5. The Hall–Kier alpha value is -3.62. The molecule has 0 radical (unpaired) electrons. The smallest absolute Gasteiger partial charge is 0.339 e. The fraction of sp³-hybridized carbons (Fsp3) is 0.0769. The number of nitrogens with zero attached hydrogens (tertiary/aromatic N) is 2. The molecule has 5 aromatic rings. The first-order valence-electron chi connectivity index (χ1n) is 10.5. The number of ether oxygens (including phenoxy) is 1. The number of aromatic nitrogens is 2. The van der Waals surface area contributed by atoms with Crippen LogP contribution < -0.4 is 5.32 Å². The van der Waals surface area contributed by atoms with Crippen molar-refractivity contribution in [1.29, 1.82) is 0 Å². The average molecular weight is 532 g/mol. The van der Waals surface area contributed by atoms with Crippen LogP contribution in [0.2, 0.25) is 0 Å². The fourth-order valence-electron chi connectivity index (χ4n) is 3.56. The van der Waals surface area contributed by atoms with Gasteiger partial charge in [-0.25, -0.2) is 14.8 Å². The van der Waals surface area contributed by atoms with Crippen LogP contribution in [-0.2, 0) is 9.53 Å². The molecule has 0 spiro atoms. The summed E-state index contributed by atoms with van der Waals surface area (Å²) >= 11 is 4.81. The summed E-state index contributed by atoms with van der Waals surface area (Å²) in [6, 6.07) is 22.6. The van der Waals surface area contributed by atoms with Gasteiger partial charge in [0.25, 0.3) is 5.91 Å². The summed E-state index contributed by atoms with van der Waals surface area (Å²) in [5, 5.41) is 3.84. The van der Waals surface area contributed by atoms with Crippen molar-refractivity contribution in [3.05, 3.63) is 88.4 Å². The SMILES string of the molecule is Cc1ccc2nc(NC(=O)COC(=O)c3cc(-c4ccc(Br)cc4)nc4ccccc34)sc2c1. The number of fused-ring (bicyclic) bond motifs is 2. The number of hydrogen-bond acceptors (Lipinski definition) is 6. The molecule has 0 unspecified atom stereocenters. The number of esters is 1. The highest BCUT2D eigenvalue weighted by atomic mass is 79.9. The summed E-state index contributed by atoms with van der Waals surface area (Å²) < 4.78 is 7.30. The van der Waals surface area contributed by atoms with E-state index in [0.29, 0.717) is 27.3 Å². The number of amides is 1. The molecule has 8 heteroatoms. The van der Waals surface area contributed by atoms with Gasteiger partial charge in [-0.2, -0.15) is 0 Å². The van der Waals surface area contributed by atoms with E-state index in [0.717, 1.165) is 25.8 Å². The maximum Gasteiger partial charge on any atom is 0.339 e. The van der Waals surface area contributed by atoms with Crippen LogP contribution in [0, 0.1) is 6.92 Å². The molecule has 3 aromatic carbocycles. The molecule has 34 heavy (non-hydrogen) atoms. The molecule has 2 aromatic heterocycles. The lowest BCUT2D eigenvalue weighted by Crippen LogP contribution is -2.21. The van der Waals surface area contributed by atoms with Gasteiger partial charge in [-0.15, -0.1) is 0 Å². The predicted octanol–water partition coefficient (Wildman–Crippen LogP) is 6.38. The number of halogens is 1. The number of para-hydroxylation sites is 1. The van der Waals surface area contributed by atoms with Crippen molar-refractivity contribution in [3.8, 4) is 11.3 Å². The minimum absolute atomic E-state index is 0.354. The van der Waals surface area contributed by atoms with E-state index in [-0.39, 0.29) is 0 Å². The summed E-state index contributed by atoms with van der Waals surface area (Å²) in [4.78, 5) is 34.5. The number of nitrogens with one attached hydrogen (secondary N) is 1. The van der Waals surface area contributed by atoms with Gasteiger partial charge < -0.3 is 4.74 Å². The molecule has 1 amide bonds. The maximum absolute atomic E-state index is 13.0. The first-order valence-corrected chi connectivity index (χ1v) is 12.1. The van der Waals surface area contributed by atoms with Gasteiger partial charge in [-0.05, 0) is 48.9 Å². The lowest BCUT2D eigenvalue weighted by Gasteiger charge is -2.10. The number of aryl methyl sites for hydroxylation is 1. The van der Waals surface area contributed by atoms with E-state index in [2.05, 4.69) is 31.2 Å². The Morgan fingerprint density at radius 1 is 0.971 bits per heavy atom. The Morgan fingerprint density at radius 2 is 1.76 bits per heavy atom. The van der Waals surface area contributed by atoms with Gasteiger partial charge in [0, 0.05) is 15.4 Å². The molecule has 0 saturated carbocycles. The average Bonchev–Trinajstić information content (AvgIpc) is 3.23. The summed E-state index contributed by atoms with van der Waals surface area (Å²) in [5.41, 5.74) is 4.47. The zero-order valence-electron chi connectivity index (χ0n) is 18.0. The highest BCUT2D eigenvalue weighted by Crippen LogP contribution is 2.28. The number of carbonyl (C=O) groups is 2. The Labute approximate surface area is 207 Å². The van der Waals surface area contributed by atoms with Crippen LogP contribution in [0.5, 0.6) is 0 Å². The molecule has 0 aliphatic carbocycles. The normalized spacial score (nSPS) is 11.0. The van der Waals surface area contributed by atoms with Crippen molar-refractivity contribution >= 4 is 65.4 Å². The summed E-state index contributed by atoms with van der Waals surface area (Å²) in [7, 11) is 0. The molecule has 5 rings (SSSR count). The highest BCUT2D eigenvalue weighted by Gasteiger charge is 2.17. The van der Waals surface area contributed by atoms with E-state index >= 15 is 0 Å². The fourth-order valence-corrected chi connectivity index (χ4v) is 4.81. The van der Waals surface area contributed by atoms with Crippen molar-refractivity contribution in [2.45, 2.75) is 6.92 Å². The van der Waals surface area contributed by atoms with Crippen LogP contribution in [0.15, 0.2) is 77.3 Å². The highest BCUT2D eigenvalue weighted by molar-refractivity contribution is 9.10. The lowest BCUT2D eigenvalue weighted by molar-refractivity contribution is -0.119. The molecular formula is C26H18BrN3O3S. The zero-order chi connectivity index (χ0) is 23.7. The van der Waals surface area contributed by atoms with Crippen LogP contribution >= 0.6 is 27.3 Å². The molecule has 6 nitrogen and oxygen atoms in total. The van der Waals surface area contributed by atoms with Gasteiger partial charge in [0.1, 0.15) is 0 Å². The summed E-state index contributed by atoms with van der Waals surface area (Å²) in [5.74, 6) is -1.04. The number of thiazole rings is 1. The van der Waals surface area contributed by atoms with Crippen LogP contribution in [0.3, 0.4) is 0 Å². The zero-order valence-corrected chi connectivity index (χ0v) is 20.4. The summed E-state index contributed by atoms with van der Waals surface area (Å²) in [6.45, 7) is 1.58. The van der Waals surface area contributed by atoms with E-state index < -0.39 is 18.5 Å². The Bertz CT molecular complexity index is 1550. The van der Waals surface area contributed by atoms with E-state index in [1.54, 1.807) is 6.07 Å². The topological polar surface area (TPSA) is 81.2 Å². The van der Waals surface area contributed by atoms with Crippen molar-refractivity contribution in [1.82, 2.24) is 9.97 Å². The van der Waals surface area contributed by atoms with Crippen molar-refractivity contribution in [3.63, 3.8) is 0 Å². The minimum Gasteiger partial charge on any atom is -0.452 e. The molecular weight excluding hydrogens is 514 g/mol. The summed E-state index contributed by atoms with van der Waals surface area (Å²) in [6.07, 6.45) is 0. The molecule has 0 aliphatic rings. The first kappa shape index (κ1) is 22.2. The van der Waals surface area contributed by atoms with E-state index in [1.165, 1.54) is 11.3 Å². The Morgan fingerprint density at radius 3 is 2.59 bits per heavy atom. The number of hydrogen-bond donors (Lipinski definition) is 1. The van der Waals surface area contributed by atoms with E-state index in [4.69, 9.17) is 4.74 Å². The lowest BCUT2D eigenvalue weighted by atomic mass is 10.0. The van der Waals surface area contributed by atoms with E-state index in [9.17, 15) is 9.59 Å². The monoisotopic (exact) mass is 531 g/mol. The molecule has 0 fully saturated rings. The number of carbonyl (C=O) groups excluding carboxylic acids is 2. The van der Waals surface area contributed by atoms with Gasteiger partial charge in [0.05, 0.1) is 27.0 Å². The molecule has 0 bridgehead atoms. The largest absolute Gasteiger partial charge is 0.452 e. The number of rotatable bonds is 5. The number of benzene rings is 3. The van der Waals surface area contributed by atoms with Crippen LogP contribution in [0.1, 0.15) is 15.9 Å². The molecule has 1 N–H and O–H groups in total. The van der Waals surface area contributed by atoms with Gasteiger partial charge in [0.2, 0.25) is 0 Å².